The van der Waals surface area contributed by atoms with Gasteiger partial charge in [0.05, 0.1) is 23.9 Å². The summed E-state index contributed by atoms with van der Waals surface area (Å²) in [5.41, 5.74) is 3.01. The highest BCUT2D eigenvalue weighted by molar-refractivity contribution is 5.98. The summed E-state index contributed by atoms with van der Waals surface area (Å²) < 4.78 is 5.18. The number of carbonyl (C=O) groups is 2. The molecule has 6 heteroatoms. The van der Waals surface area contributed by atoms with E-state index in [2.05, 4.69) is 10.6 Å². The zero-order chi connectivity index (χ0) is 16.3. The maximum Gasteiger partial charge on any atom is 0.340 e. The monoisotopic (exact) mass is 303 g/mol. The summed E-state index contributed by atoms with van der Waals surface area (Å²) in [4.78, 5) is 25.7. The summed E-state index contributed by atoms with van der Waals surface area (Å²) in [6.07, 6.45) is 3.45. The van der Waals surface area contributed by atoms with Gasteiger partial charge < -0.3 is 20.3 Å². The maximum atomic E-state index is 12.3. The van der Waals surface area contributed by atoms with E-state index in [1.54, 1.807) is 13.1 Å². The average molecular weight is 303 g/mol. The first-order valence-corrected chi connectivity index (χ1v) is 7.17. The molecule has 1 aliphatic rings. The molecule has 1 heterocycles. The smallest absolute Gasteiger partial charge is 0.340 e. The van der Waals surface area contributed by atoms with Gasteiger partial charge in [-0.2, -0.15) is 0 Å². The molecule has 0 bridgehead atoms. The quantitative estimate of drug-likeness (QED) is 0.836. The highest BCUT2D eigenvalue weighted by Gasteiger charge is 2.24. The number of amides is 2. The molecule has 0 radical (unpaired) electrons. The Morgan fingerprint density at radius 3 is 2.68 bits per heavy atom. The van der Waals surface area contributed by atoms with E-state index in [0.29, 0.717) is 12.2 Å². The molecule has 118 valence electrons. The SMILES string of the molecule is CCOC(=O)c1c(N(C)C)ccc([C@H]2C=CNC(=O)N2)c1C. The Morgan fingerprint density at radius 2 is 2.09 bits per heavy atom. The predicted octanol–water partition coefficient (Wildman–Crippen LogP) is 2.11. The molecule has 1 aromatic carbocycles. The molecule has 0 fully saturated rings. The summed E-state index contributed by atoms with van der Waals surface area (Å²) in [6.45, 7) is 3.97. The fraction of sp³-hybridized carbons (Fsp3) is 0.375. The predicted molar refractivity (Wildman–Crippen MR) is 85.0 cm³/mol. The van der Waals surface area contributed by atoms with Gasteiger partial charge in [0.15, 0.2) is 0 Å². The Labute approximate surface area is 130 Å². The number of nitrogens with one attached hydrogen (secondary N) is 2. The minimum atomic E-state index is -0.352. The number of urea groups is 1. The van der Waals surface area contributed by atoms with Gasteiger partial charge in [-0.25, -0.2) is 9.59 Å². The minimum Gasteiger partial charge on any atom is -0.462 e. The van der Waals surface area contributed by atoms with Crippen LogP contribution >= 0.6 is 0 Å². The average Bonchev–Trinajstić information content (AvgIpc) is 2.46. The Morgan fingerprint density at radius 1 is 1.36 bits per heavy atom. The van der Waals surface area contributed by atoms with Gasteiger partial charge in [-0.15, -0.1) is 0 Å². The maximum absolute atomic E-state index is 12.3. The topological polar surface area (TPSA) is 70.7 Å². The number of benzene rings is 1. The van der Waals surface area contributed by atoms with Crippen molar-refractivity contribution in [1.82, 2.24) is 10.6 Å². The van der Waals surface area contributed by atoms with Gasteiger partial charge in [-0.05, 0) is 37.1 Å². The molecule has 2 rings (SSSR count). The second-order valence-electron chi connectivity index (χ2n) is 5.24. The van der Waals surface area contributed by atoms with Crippen molar-refractivity contribution in [3.63, 3.8) is 0 Å². The van der Waals surface area contributed by atoms with Crippen molar-refractivity contribution >= 4 is 17.7 Å². The van der Waals surface area contributed by atoms with E-state index in [4.69, 9.17) is 4.74 Å². The van der Waals surface area contributed by atoms with E-state index in [0.717, 1.165) is 16.8 Å². The van der Waals surface area contributed by atoms with E-state index in [9.17, 15) is 9.59 Å². The number of esters is 1. The first-order chi connectivity index (χ1) is 10.5. The molecule has 1 aromatic rings. The first kappa shape index (κ1) is 15.9. The zero-order valence-electron chi connectivity index (χ0n) is 13.3. The highest BCUT2D eigenvalue weighted by atomic mass is 16.5. The summed E-state index contributed by atoms with van der Waals surface area (Å²) in [7, 11) is 3.76. The van der Waals surface area contributed by atoms with Gasteiger partial charge in [0, 0.05) is 20.3 Å². The standard InChI is InChI=1S/C16H21N3O3/c1-5-22-15(20)14-10(2)11(6-7-13(14)19(3)4)12-8-9-17-16(21)18-12/h6-9,12H,5H2,1-4H3,(H2,17,18,21)/t12-/m1/s1. The van der Waals surface area contributed by atoms with Gasteiger partial charge in [-0.1, -0.05) is 6.07 Å². The van der Waals surface area contributed by atoms with Gasteiger partial charge >= 0.3 is 12.0 Å². The van der Waals surface area contributed by atoms with Crippen molar-refractivity contribution in [2.24, 2.45) is 0 Å². The normalized spacial score (nSPS) is 16.7. The van der Waals surface area contributed by atoms with Crippen LogP contribution in [0.5, 0.6) is 0 Å². The van der Waals surface area contributed by atoms with Crippen LogP contribution in [0.15, 0.2) is 24.4 Å². The van der Waals surface area contributed by atoms with E-state index < -0.39 is 0 Å². The number of hydrogen-bond donors (Lipinski definition) is 2. The lowest BCUT2D eigenvalue weighted by molar-refractivity contribution is 0.0526. The summed E-state index contributed by atoms with van der Waals surface area (Å²) in [5.74, 6) is -0.352. The fourth-order valence-electron chi connectivity index (χ4n) is 2.52. The number of hydrogen-bond acceptors (Lipinski definition) is 4. The molecule has 0 unspecified atom stereocenters. The third kappa shape index (κ3) is 3.05. The van der Waals surface area contributed by atoms with Gasteiger partial charge in [-0.3, -0.25) is 0 Å². The van der Waals surface area contributed by atoms with Crippen LogP contribution in [0.25, 0.3) is 0 Å². The Bertz CT molecular complexity index is 623. The Kier molecular flexibility index (Phi) is 4.70. The Balaban J connectivity index is 2.51. The molecule has 1 atom stereocenters. The van der Waals surface area contributed by atoms with Gasteiger partial charge in [0.1, 0.15) is 0 Å². The summed E-state index contributed by atoms with van der Waals surface area (Å²) >= 11 is 0. The molecule has 6 nitrogen and oxygen atoms in total. The Hall–Kier alpha value is -2.50. The van der Waals surface area contributed by atoms with E-state index in [1.165, 1.54) is 0 Å². The third-order valence-corrected chi connectivity index (χ3v) is 3.57. The lowest BCUT2D eigenvalue weighted by atomic mass is 9.94. The highest BCUT2D eigenvalue weighted by Crippen LogP contribution is 2.30. The molecule has 2 N–H and O–H groups in total. The molecule has 1 aliphatic heterocycles. The van der Waals surface area contributed by atoms with Crippen LogP contribution in [0.1, 0.15) is 34.5 Å². The molecule has 0 aromatic heterocycles. The van der Waals surface area contributed by atoms with Crippen molar-refractivity contribution < 1.29 is 14.3 Å². The lowest BCUT2D eigenvalue weighted by Crippen LogP contribution is -2.38. The number of carbonyl (C=O) groups excluding carboxylic acids is 2. The fourth-order valence-corrected chi connectivity index (χ4v) is 2.52. The zero-order valence-corrected chi connectivity index (χ0v) is 13.3. The van der Waals surface area contributed by atoms with Gasteiger partial charge in [0.25, 0.3) is 0 Å². The molecule has 0 spiro atoms. The molecule has 22 heavy (non-hydrogen) atoms. The minimum absolute atomic E-state index is 0.263. The lowest BCUT2D eigenvalue weighted by Gasteiger charge is -2.25. The largest absolute Gasteiger partial charge is 0.462 e. The van der Waals surface area contributed by atoms with Crippen LogP contribution in [0.4, 0.5) is 10.5 Å². The second kappa shape index (κ2) is 6.51. The van der Waals surface area contributed by atoms with Crippen molar-refractivity contribution in [2.45, 2.75) is 19.9 Å². The van der Waals surface area contributed by atoms with Crippen LogP contribution in [0, 0.1) is 6.92 Å². The number of ether oxygens (including phenoxy) is 1. The van der Waals surface area contributed by atoms with Crippen molar-refractivity contribution in [3.8, 4) is 0 Å². The number of anilines is 1. The number of nitrogens with zero attached hydrogens (tertiary/aromatic N) is 1. The van der Waals surface area contributed by atoms with Gasteiger partial charge in [0.2, 0.25) is 0 Å². The summed E-state index contributed by atoms with van der Waals surface area (Å²) in [6, 6.07) is 3.27. The van der Waals surface area contributed by atoms with Crippen molar-refractivity contribution in [3.05, 3.63) is 41.1 Å². The van der Waals surface area contributed by atoms with E-state index in [1.807, 2.05) is 44.1 Å². The van der Waals surface area contributed by atoms with Crippen molar-refractivity contribution in [1.29, 1.82) is 0 Å². The van der Waals surface area contributed by atoms with Crippen molar-refractivity contribution in [2.75, 3.05) is 25.6 Å². The number of rotatable bonds is 4. The van der Waals surface area contributed by atoms with E-state index in [-0.39, 0.29) is 18.0 Å². The molecule has 0 saturated heterocycles. The van der Waals surface area contributed by atoms with Crippen LogP contribution < -0.4 is 15.5 Å². The second-order valence-corrected chi connectivity index (χ2v) is 5.24. The van der Waals surface area contributed by atoms with Crippen LogP contribution in [0.3, 0.4) is 0 Å². The van der Waals surface area contributed by atoms with E-state index >= 15 is 0 Å². The third-order valence-electron chi connectivity index (χ3n) is 3.57. The molecular weight excluding hydrogens is 282 g/mol. The molecular formula is C16H21N3O3. The van der Waals surface area contributed by atoms with Crippen LogP contribution in [-0.2, 0) is 4.74 Å². The van der Waals surface area contributed by atoms with Crippen LogP contribution in [-0.4, -0.2) is 32.7 Å². The molecule has 0 saturated carbocycles. The molecule has 2 amide bonds. The van der Waals surface area contributed by atoms with Crippen LogP contribution in [0.2, 0.25) is 0 Å². The summed E-state index contributed by atoms with van der Waals surface area (Å²) in [5, 5.41) is 5.38. The molecule has 0 aliphatic carbocycles. The first-order valence-electron chi connectivity index (χ1n) is 7.17.